The van der Waals surface area contributed by atoms with Crippen LogP contribution in [0.4, 0.5) is 0 Å². The number of methoxy groups -OCH3 is 1. The summed E-state index contributed by atoms with van der Waals surface area (Å²) in [6, 6.07) is -0.287. The number of carbonyl (C=O) groups is 1. The first kappa shape index (κ1) is 39.5. The van der Waals surface area contributed by atoms with Crippen LogP contribution in [-0.2, 0) is 33.2 Å². The Bertz CT molecular complexity index is 986. The van der Waals surface area contributed by atoms with Crippen molar-refractivity contribution in [1.29, 1.82) is 0 Å². The molecular formula is C34H64N2O10. The number of esters is 1. The predicted octanol–water partition coefficient (Wildman–Crippen LogP) is 2.40. The number of nitrogens with zero attached hydrogens (tertiary/aromatic N) is 2. The van der Waals surface area contributed by atoms with Crippen LogP contribution in [0.3, 0.4) is 0 Å². The molecule has 16 atom stereocenters. The molecule has 3 fully saturated rings. The van der Waals surface area contributed by atoms with Gasteiger partial charge in [-0.05, 0) is 88.4 Å². The topological polar surface area (TPSA) is 140 Å². The molecule has 12 nitrogen and oxygen atoms in total. The summed E-state index contributed by atoms with van der Waals surface area (Å²) in [4.78, 5) is 17.9. The van der Waals surface area contributed by atoms with E-state index in [-0.39, 0.29) is 30.5 Å². The smallest absolute Gasteiger partial charge is 0.311 e. The maximum Gasteiger partial charge on any atom is 0.311 e. The van der Waals surface area contributed by atoms with Crippen LogP contribution in [0.1, 0.15) is 81.6 Å². The van der Waals surface area contributed by atoms with Gasteiger partial charge in [-0.15, -0.1) is 0 Å². The zero-order valence-electron chi connectivity index (χ0n) is 30.5. The molecule has 270 valence electrons. The Morgan fingerprint density at radius 2 is 1.59 bits per heavy atom. The van der Waals surface area contributed by atoms with Gasteiger partial charge in [-0.3, -0.25) is 9.69 Å². The van der Waals surface area contributed by atoms with E-state index in [1.54, 1.807) is 34.8 Å². The SMILES string of the molecule is COC1(C)CC(OC2C(C)C(=O)O[C@H](C)C(C)N(C)CC(C)CC(C)(O)C(OC3OC(C)CC(N(C)C)C3O)C2C)OC(C)C1O. The van der Waals surface area contributed by atoms with Gasteiger partial charge in [0.05, 0.1) is 41.5 Å². The van der Waals surface area contributed by atoms with Crippen molar-refractivity contribution in [1.82, 2.24) is 9.80 Å². The van der Waals surface area contributed by atoms with Gasteiger partial charge in [0.1, 0.15) is 18.3 Å². The number of hydrogen-bond donors (Lipinski definition) is 3. The summed E-state index contributed by atoms with van der Waals surface area (Å²) in [5.41, 5.74) is -2.36. The number of hydrogen-bond acceptors (Lipinski definition) is 12. The van der Waals surface area contributed by atoms with Crippen LogP contribution in [0.2, 0.25) is 0 Å². The first-order valence-corrected chi connectivity index (χ1v) is 17.0. The van der Waals surface area contributed by atoms with Crippen molar-refractivity contribution < 1.29 is 48.5 Å². The van der Waals surface area contributed by atoms with Crippen LogP contribution in [0.5, 0.6) is 0 Å². The van der Waals surface area contributed by atoms with Gasteiger partial charge in [-0.1, -0.05) is 13.8 Å². The second-order valence-corrected chi connectivity index (χ2v) is 15.3. The molecule has 3 aliphatic heterocycles. The van der Waals surface area contributed by atoms with Gasteiger partial charge >= 0.3 is 5.97 Å². The number of aliphatic hydroxyl groups excluding tert-OH is 2. The van der Waals surface area contributed by atoms with Crippen molar-refractivity contribution in [3.63, 3.8) is 0 Å². The monoisotopic (exact) mass is 660 g/mol. The van der Waals surface area contributed by atoms with E-state index in [0.29, 0.717) is 19.4 Å². The first-order chi connectivity index (χ1) is 21.2. The average Bonchev–Trinajstić information content (AvgIpc) is 2.96. The molecule has 0 saturated carbocycles. The summed E-state index contributed by atoms with van der Waals surface area (Å²) in [5.74, 6) is -1.80. The zero-order valence-corrected chi connectivity index (χ0v) is 30.5. The van der Waals surface area contributed by atoms with Gasteiger partial charge in [0.15, 0.2) is 12.6 Å². The summed E-state index contributed by atoms with van der Waals surface area (Å²) in [6.45, 7) is 17.5. The highest BCUT2D eigenvalue weighted by Gasteiger charge is 2.51. The van der Waals surface area contributed by atoms with Gasteiger partial charge in [0, 0.05) is 38.1 Å². The van der Waals surface area contributed by atoms with Crippen LogP contribution >= 0.6 is 0 Å². The number of ether oxygens (including phenoxy) is 6. The van der Waals surface area contributed by atoms with Gasteiger partial charge in [0.2, 0.25) is 0 Å². The normalized spacial score (nSPS) is 49.1. The average molecular weight is 661 g/mol. The molecule has 0 bridgehead atoms. The van der Waals surface area contributed by atoms with Crippen molar-refractivity contribution >= 4 is 5.97 Å². The number of aliphatic hydroxyl groups is 3. The van der Waals surface area contributed by atoms with Crippen LogP contribution < -0.4 is 0 Å². The second-order valence-electron chi connectivity index (χ2n) is 15.3. The highest BCUT2D eigenvalue weighted by atomic mass is 16.7. The highest BCUT2D eigenvalue weighted by molar-refractivity contribution is 5.73. The van der Waals surface area contributed by atoms with Gasteiger partial charge < -0.3 is 48.6 Å². The second kappa shape index (κ2) is 15.7. The summed E-state index contributed by atoms with van der Waals surface area (Å²) >= 11 is 0. The quantitative estimate of drug-likeness (QED) is 0.361. The van der Waals surface area contributed by atoms with Crippen LogP contribution in [0, 0.1) is 17.8 Å². The third kappa shape index (κ3) is 8.99. The molecule has 0 aromatic carbocycles. The summed E-state index contributed by atoms with van der Waals surface area (Å²) in [6.07, 6.45) is -5.46. The minimum Gasteiger partial charge on any atom is -0.461 e. The van der Waals surface area contributed by atoms with E-state index >= 15 is 0 Å². The molecule has 15 unspecified atom stereocenters. The molecule has 0 radical (unpaired) electrons. The molecule has 3 aliphatic rings. The van der Waals surface area contributed by atoms with E-state index in [0.717, 1.165) is 0 Å². The highest BCUT2D eigenvalue weighted by Crippen LogP contribution is 2.39. The molecule has 0 aromatic heterocycles. The van der Waals surface area contributed by atoms with Crippen LogP contribution in [-0.4, -0.2) is 144 Å². The Kier molecular flexibility index (Phi) is 13.5. The molecule has 3 heterocycles. The number of likely N-dealkylation sites (N-methyl/N-ethyl adjacent to an activating group) is 2. The fourth-order valence-corrected chi connectivity index (χ4v) is 7.70. The maximum absolute atomic E-state index is 13.8. The minimum atomic E-state index is -1.41. The molecule has 0 aromatic rings. The summed E-state index contributed by atoms with van der Waals surface area (Å²) in [5, 5.41) is 34.6. The lowest BCUT2D eigenvalue weighted by Gasteiger charge is -2.48. The Morgan fingerprint density at radius 3 is 2.17 bits per heavy atom. The maximum atomic E-state index is 13.8. The fraction of sp³-hybridized carbons (Fsp3) is 0.971. The summed E-state index contributed by atoms with van der Waals surface area (Å²) < 4.78 is 37.4. The standard InChI is InChI=1S/C34H64N2O10/c1-18-15-33(8,40)30(46-32-27(37)25(35(10)11)14-19(2)42-32)20(3)28(21(4)31(39)44-23(6)22(5)36(12)17-18)45-26-16-34(9,41-13)29(38)24(7)43-26/h18-30,32,37-38,40H,14-17H2,1-13H3/t18?,19?,20?,21?,22?,23-,24?,25?,26?,27?,28?,29?,30?,32?,33?,34?/m1/s1. The van der Waals surface area contributed by atoms with Gasteiger partial charge in [-0.2, -0.15) is 0 Å². The molecule has 46 heavy (non-hydrogen) atoms. The number of rotatable bonds is 6. The Balaban J connectivity index is 2.08. The molecular weight excluding hydrogens is 596 g/mol. The largest absolute Gasteiger partial charge is 0.461 e. The van der Waals surface area contributed by atoms with E-state index in [1.165, 1.54) is 0 Å². The fourth-order valence-electron chi connectivity index (χ4n) is 7.70. The Hall–Kier alpha value is -0.930. The lowest BCUT2D eigenvalue weighted by atomic mass is 9.77. The first-order valence-electron chi connectivity index (χ1n) is 17.0. The van der Waals surface area contributed by atoms with Crippen molar-refractivity contribution in [3.8, 4) is 0 Å². The molecule has 0 amide bonds. The zero-order chi connectivity index (χ0) is 34.9. The lowest BCUT2D eigenvalue weighted by molar-refractivity contribution is -0.317. The van der Waals surface area contributed by atoms with E-state index in [9.17, 15) is 20.1 Å². The van der Waals surface area contributed by atoms with Crippen molar-refractivity contribution in [2.75, 3.05) is 34.8 Å². The Morgan fingerprint density at radius 1 is 0.957 bits per heavy atom. The Labute approximate surface area is 277 Å². The number of cyclic esters (lactones) is 1. The minimum absolute atomic E-state index is 0.0401. The third-order valence-electron chi connectivity index (χ3n) is 10.9. The molecule has 0 spiro atoms. The molecule has 3 saturated heterocycles. The molecule has 0 aliphatic carbocycles. The van der Waals surface area contributed by atoms with Crippen molar-refractivity contribution in [2.24, 2.45) is 17.8 Å². The van der Waals surface area contributed by atoms with Crippen molar-refractivity contribution in [2.45, 2.75) is 160 Å². The van der Waals surface area contributed by atoms with Crippen LogP contribution in [0.15, 0.2) is 0 Å². The molecule has 3 N–H and O–H groups in total. The third-order valence-corrected chi connectivity index (χ3v) is 10.9. The lowest BCUT2D eigenvalue weighted by Crippen LogP contribution is -2.60. The van der Waals surface area contributed by atoms with Gasteiger partial charge in [0.25, 0.3) is 0 Å². The van der Waals surface area contributed by atoms with Crippen molar-refractivity contribution in [3.05, 3.63) is 0 Å². The van der Waals surface area contributed by atoms with Crippen LogP contribution in [0.25, 0.3) is 0 Å². The van der Waals surface area contributed by atoms with E-state index in [1.807, 2.05) is 53.7 Å². The van der Waals surface area contributed by atoms with Gasteiger partial charge in [-0.25, -0.2) is 0 Å². The van der Waals surface area contributed by atoms with E-state index < -0.39 is 78.2 Å². The predicted molar refractivity (Wildman–Crippen MR) is 173 cm³/mol. The summed E-state index contributed by atoms with van der Waals surface area (Å²) in [7, 11) is 7.35. The number of carbonyl (C=O) groups excluding carboxylic acids is 1. The molecule has 12 heteroatoms. The molecule has 3 rings (SSSR count). The van der Waals surface area contributed by atoms with E-state index in [4.69, 9.17) is 28.4 Å². The van der Waals surface area contributed by atoms with E-state index in [2.05, 4.69) is 11.8 Å².